The van der Waals surface area contributed by atoms with Gasteiger partial charge in [0, 0.05) is 11.1 Å². The maximum absolute atomic E-state index is 11.6. The molecule has 0 amide bonds. The highest BCUT2D eigenvalue weighted by Crippen LogP contribution is 2.40. The fourth-order valence-corrected chi connectivity index (χ4v) is 5.17. The van der Waals surface area contributed by atoms with Crippen LogP contribution < -0.4 is 9.47 Å². The number of rotatable bonds is 9. The van der Waals surface area contributed by atoms with E-state index < -0.39 is 0 Å². The van der Waals surface area contributed by atoms with E-state index in [1.807, 2.05) is 42.5 Å². The highest BCUT2D eigenvalue weighted by molar-refractivity contribution is 5.96. The molecule has 3 aromatic heterocycles. The average molecular weight is 500 g/mol. The van der Waals surface area contributed by atoms with Gasteiger partial charge >= 0.3 is 0 Å². The molecule has 4 nitrogen and oxygen atoms in total. The third kappa shape index (κ3) is 4.39. The molecule has 0 fully saturated rings. The molecule has 38 heavy (non-hydrogen) atoms. The Morgan fingerprint density at radius 2 is 1.34 bits per heavy atom. The van der Waals surface area contributed by atoms with Gasteiger partial charge in [0.2, 0.25) is 0 Å². The Labute approximate surface area is 222 Å². The molecule has 0 atom stereocenters. The minimum atomic E-state index is 0.0678. The summed E-state index contributed by atoms with van der Waals surface area (Å²) in [5, 5.41) is 0. The van der Waals surface area contributed by atoms with E-state index in [1.165, 1.54) is 27.7 Å². The van der Waals surface area contributed by atoms with Crippen LogP contribution in [0.5, 0.6) is 11.5 Å². The number of hydrogen-bond donors (Lipinski definition) is 0. The van der Waals surface area contributed by atoms with Crippen LogP contribution >= 0.6 is 0 Å². The van der Waals surface area contributed by atoms with E-state index in [0.29, 0.717) is 18.8 Å². The number of ether oxygens (including phenoxy) is 2. The van der Waals surface area contributed by atoms with Gasteiger partial charge < -0.3 is 13.9 Å². The molecule has 0 unspecified atom stereocenters. The fraction of sp³-hybridized carbons (Fsp3) is 0.147. The van der Waals surface area contributed by atoms with Crippen molar-refractivity contribution < 1.29 is 14.3 Å². The lowest BCUT2D eigenvalue weighted by Crippen LogP contribution is -1.99. The standard InChI is InChI=1S/C34H29NO3/c1-3-29-30-19-20-33(38-22-25-9-11-26(12-10-25)23(2)36)31-17-18-32(35(30)31)34(29)27-13-15-28(16-14-27)37-21-24-7-5-4-6-8-24/h4-20H,3,21-22H2,1-2H3. The molecule has 3 aromatic carbocycles. The summed E-state index contributed by atoms with van der Waals surface area (Å²) in [5.41, 5.74) is 10.1. The van der Waals surface area contributed by atoms with E-state index in [0.717, 1.165) is 34.6 Å². The highest BCUT2D eigenvalue weighted by Gasteiger charge is 2.20. The van der Waals surface area contributed by atoms with Crippen LogP contribution in [0.15, 0.2) is 103 Å². The van der Waals surface area contributed by atoms with Crippen molar-refractivity contribution in [2.45, 2.75) is 33.5 Å². The van der Waals surface area contributed by atoms with Gasteiger partial charge in [0.15, 0.2) is 5.78 Å². The van der Waals surface area contributed by atoms with Gasteiger partial charge in [-0.1, -0.05) is 73.7 Å². The van der Waals surface area contributed by atoms with E-state index in [9.17, 15) is 4.79 Å². The lowest BCUT2D eigenvalue weighted by molar-refractivity contribution is 0.101. The number of aromatic nitrogens is 1. The lowest BCUT2D eigenvalue weighted by Gasteiger charge is -2.10. The summed E-state index contributed by atoms with van der Waals surface area (Å²) < 4.78 is 14.6. The summed E-state index contributed by atoms with van der Waals surface area (Å²) in [7, 11) is 0. The zero-order valence-corrected chi connectivity index (χ0v) is 21.6. The first-order valence-corrected chi connectivity index (χ1v) is 13.0. The first-order chi connectivity index (χ1) is 18.6. The maximum Gasteiger partial charge on any atom is 0.159 e. The zero-order valence-electron chi connectivity index (χ0n) is 21.6. The van der Waals surface area contributed by atoms with Gasteiger partial charge in [-0.3, -0.25) is 4.79 Å². The second-order valence-electron chi connectivity index (χ2n) is 9.57. The van der Waals surface area contributed by atoms with Crippen molar-refractivity contribution >= 4 is 22.3 Å². The first-order valence-electron chi connectivity index (χ1n) is 13.0. The van der Waals surface area contributed by atoms with Gasteiger partial charge in [-0.05, 0) is 72.0 Å². The second kappa shape index (κ2) is 10.1. The van der Waals surface area contributed by atoms with Crippen LogP contribution in [0, 0.1) is 0 Å². The van der Waals surface area contributed by atoms with Crippen molar-refractivity contribution in [3.63, 3.8) is 0 Å². The molecule has 0 spiro atoms. The number of pyridine rings is 1. The van der Waals surface area contributed by atoms with E-state index in [4.69, 9.17) is 9.47 Å². The number of carbonyl (C=O) groups is 1. The number of hydrogen-bond acceptors (Lipinski definition) is 3. The Hall–Kier alpha value is -4.57. The minimum Gasteiger partial charge on any atom is -0.489 e. The van der Waals surface area contributed by atoms with Crippen LogP contribution in [0.4, 0.5) is 0 Å². The van der Waals surface area contributed by atoms with Crippen LogP contribution in [0.1, 0.15) is 40.9 Å². The van der Waals surface area contributed by atoms with Crippen LogP contribution in [0.25, 0.3) is 27.7 Å². The summed E-state index contributed by atoms with van der Waals surface area (Å²) in [4.78, 5) is 11.6. The largest absolute Gasteiger partial charge is 0.489 e. The molecule has 4 heteroatoms. The SMILES string of the molecule is CCc1c(-c2ccc(OCc3ccccc3)cc2)c2ccc3c(OCc4ccc(C(C)=O)cc4)ccc1n32. The Balaban J connectivity index is 1.27. The van der Waals surface area contributed by atoms with Gasteiger partial charge in [-0.25, -0.2) is 0 Å². The minimum absolute atomic E-state index is 0.0678. The zero-order chi connectivity index (χ0) is 26.1. The van der Waals surface area contributed by atoms with Gasteiger partial charge in [0.05, 0.1) is 16.6 Å². The summed E-state index contributed by atoms with van der Waals surface area (Å²) >= 11 is 0. The van der Waals surface area contributed by atoms with E-state index >= 15 is 0 Å². The monoisotopic (exact) mass is 499 g/mol. The van der Waals surface area contributed by atoms with Gasteiger partial charge in [0.25, 0.3) is 0 Å². The topological polar surface area (TPSA) is 39.9 Å². The Morgan fingerprint density at radius 1 is 0.684 bits per heavy atom. The normalized spacial score (nSPS) is 11.3. The van der Waals surface area contributed by atoms with Gasteiger partial charge in [0.1, 0.15) is 24.7 Å². The predicted octanol–water partition coefficient (Wildman–Crippen LogP) is 8.12. The predicted molar refractivity (Wildman–Crippen MR) is 152 cm³/mol. The van der Waals surface area contributed by atoms with Crippen molar-refractivity contribution in [2.24, 2.45) is 0 Å². The van der Waals surface area contributed by atoms with Crippen molar-refractivity contribution in [3.8, 4) is 22.6 Å². The van der Waals surface area contributed by atoms with Crippen LogP contribution in [-0.4, -0.2) is 10.2 Å². The average Bonchev–Trinajstić information content (AvgIpc) is 3.53. The highest BCUT2D eigenvalue weighted by atomic mass is 16.5. The maximum atomic E-state index is 11.6. The molecule has 3 heterocycles. The molecule has 0 aliphatic carbocycles. The molecule has 0 N–H and O–H groups in total. The molecule has 6 rings (SSSR count). The fourth-order valence-electron chi connectivity index (χ4n) is 5.17. The van der Waals surface area contributed by atoms with Gasteiger partial charge in [-0.15, -0.1) is 0 Å². The Morgan fingerprint density at radius 3 is 2.05 bits per heavy atom. The molecule has 6 aromatic rings. The molecular weight excluding hydrogens is 470 g/mol. The van der Waals surface area contributed by atoms with Crippen molar-refractivity contribution in [3.05, 3.63) is 125 Å². The van der Waals surface area contributed by atoms with Crippen LogP contribution in [0.2, 0.25) is 0 Å². The molecular formula is C34H29NO3. The van der Waals surface area contributed by atoms with E-state index in [2.05, 4.69) is 72.0 Å². The molecule has 0 aliphatic heterocycles. The molecule has 188 valence electrons. The summed E-state index contributed by atoms with van der Waals surface area (Å²) in [6.45, 7) is 4.78. The lowest BCUT2D eigenvalue weighted by atomic mass is 10.00. The summed E-state index contributed by atoms with van der Waals surface area (Å²) in [6.07, 6.45) is 0.932. The number of nitrogens with zero attached hydrogens (tertiary/aromatic N) is 1. The Bertz CT molecular complexity index is 1700. The van der Waals surface area contributed by atoms with Crippen molar-refractivity contribution in [1.29, 1.82) is 0 Å². The molecule has 0 saturated carbocycles. The Kier molecular flexibility index (Phi) is 6.30. The number of ketones is 1. The van der Waals surface area contributed by atoms with Crippen molar-refractivity contribution in [2.75, 3.05) is 0 Å². The number of aryl methyl sites for hydroxylation is 1. The smallest absolute Gasteiger partial charge is 0.159 e. The third-order valence-electron chi connectivity index (χ3n) is 7.13. The number of Topliss-reactive ketones (excluding diaryl/α,β-unsaturated/α-hetero) is 1. The summed E-state index contributed by atoms with van der Waals surface area (Å²) in [6, 6.07) is 34.8. The summed E-state index contributed by atoms with van der Waals surface area (Å²) in [5.74, 6) is 1.77. The number of benzene rings is 3. The van der Waals surface area contributed by atoms with E-state index in [-0.39, 0.29) is 5.78 Å². The van der Waals surface area contributed by atoms with Crippen LogP contribution in [0.3, 0.4) is 0 Å². The van der Waals surface area contributed by atoms with Crippen molar-refractivity contribution in [1.82, 2.24) is 4.40 Å². The number of carbonyl (C=O) groups excluding carboxylic acids is 1. The van der Waals surface area contributed by atoms with Gasteiger partial charge in [-0.2, -0.15) is 0 Å². The van der Waals surface area contributed by atoms with E-state index in [1.54, 1.807) is 6.92 Å². The first kappa shape index (κ1) is 23.8. The molecule has 0 bridgehead atoms. The van der Waals surface area contributed by atoms with Crippen LogP contribution in [-0.2, 0) is 19.6 Å². The second-order valence-corrected chi connectivity index (χ2v) is 9.57. The molecule has 0 aliphatic rings. The molecule has 0 radical (unpaired) electrons. The quantitative estimate of drug-likeness (QED) is 0.189. The third-order valence-corrected chi connectivity index (χ3v) is 7.13. The molecule has 0 saturated heterocycles.